The summed E-state index contributed by atoms with van der Waals surface area (Å²) in [5, 5.41) is 13.9. The van der Waals surface area contributed by atoms with Gasteiger partial charge < -0.3 is 14.8 Å². The van der Waals surface area contributed by atoms with Crippen LogP contribution in [0.1, 0.15) is 46.8 Å². The van der Waals surface area contributed by atoms with E-state index in [-0.39, 0.29) is 11.6 Å². The molecule has 7 heteroatoms. The highest BCUT2D eigenvalue weighted by molar-refractivity contribution is 5.90. The van der Waals surface area contributed by atoms with Gasteiger partial charge in [0.1, 0.15) is 5.69 Å². The van der Waals surface area contributed by atoms with Crippen LogP contribution in [0.5, 0.6) is 0 Å². The number of nitrogens with zero attached hydrogens (tertiary/aromatic N) is 3. The van der Waals surface area contributed by atoms with Gasteiger partial charge >= 0.3 is 5.97 Å². The third kappa shape index (κ3) is 2.31. The lowest BCUT2D eigenvalue weighted by atomic mass is 10.1. The number of H-pyrrole nitrogens is 1. The van der Waals surface area contributed by atoms with Gasteiger partial charge in [0.15, 0.2) is 11.6 Å². The zero-order chi connectivity index (χ0) is 15.9. The van der Waals surface area contributed by atoms with Gasteiger partial charge in [0.25, 0.3) is 0 Å². The summed E-state index contributed by atoms with van der Waals surface area (Å²) in [5.41, 5.74) is 2.54. The molecule has 22 heavy (non-hydrogen) atoms. The van der Waals surface area contributed by atoms with Gasteiger partial charge in [-0.3, -0.25) is 0 Å². The number of aromatic carboxylic acids is 1. The molecule has 7 nitrogen and oxygen atoms in total. The van der Waals surface area contributed by atoms with Gasteiger partial charge in [-0.1, -0.05) is 0 Å². The minimum atomic E-state index is -0.959. The molecule has 0 saturated carbocycles. The number of hydrogen-bond acceptors (Lipinski definition) is 4. The van der Waals surface area contributed by atoms with Crippen molar-refractivity contribution in [3.8, 4) is 11.4 Å². The Morgan fingerprint density at radius 1 is 1.50 bits per heavy atom. The minimum Gasteiger partial charge on any atom is -0.477 e. The second-order valence-corrected chi connectivity index (χ2v) is 5.60. The largest absolute Gasteiger partial charge is 0.477 e. The van der Waals surface area contributed by atoms with Crippen molar-refractivity contribution in [1.82, 2.24) is 19.7 Å². The number of carbonyl (C=O) groups is 1. The summed E-state index contributed by atoms with van der Waals surface area (Å²) in [7, 11) is 0. The molecule has 0 spiro atoms. The van der Waals surface area contributed by atoms with Crippen molar-refractivity contribution >= 4 is 5.97 Å². The summed E-state index contributed by atoms with van der Waals surface area (Å²) >= 11 is 0. The lowest BCUT2D eigenvalue weighted by Gasteiger charge is -2.03. The van der Waals surface area contributed by atoms with Crippen molar-refractivity contribution in [2.24, 2.45) is 0 Å². The van der Waals surface area contributed by atoms with Gasteiger partial charge in [-0.25, -0.2) is 14.5 Å². The van der Waals surface area contributed by atoms with Crippen LogP contribution in [0.15, 0.2) is 0 Å². The molecule has 0 amide bonds. The number of carboxylic acids is 1. The molecule has 118 valence electrons. The number of aryl methyl sites for hydroxylation is 2. The molecule has 1 aliphatic heterocycles. The second-order valence-electron chi connectivity index (χ2n) is 5.60. The van der Waals surface area contributed by atoms with Crippen LogP contribution in [0.25, 0.3) is 11.4 Å². The fraction of sp³-hybridized carbons (Fsp3) is 0.533. The molecular formula is C15H20N4O3. The molecular weight excluding hydrogens is 284 g/mol. The summed E-state index contributed by atoms with van der Waals surface area (Å²) in [6.45, 7) is 7.74. The number of aromatic nitrogens is 4. The Bertz CT molecular complexity index is 711. The molecule has 0 aromatic carbocycles. The molecule has 1 aliphatic rings. The molecule has 0 unspecified atom stereocenters. The highest BCUT2D eigenvalue weighted by Gasteiger charge is 2.26. The quantitative estimate of drug-likeness (QED) is 0.902. The van der Waals surface area contributed by atoms with Gasteiger partial charge in [-0.2, -0.15) is 5.10 Å². The lowest BCUT2D eigenvalue weighted by Crippen LogP contribution is -2.03. The van der Waals surface area contributed by atoms with E-state index in [4.69, 9.17) is 4.74 Å². The second kappa shape index (κ2) is 5.57. The van der Waals surface area contributed by atoms with Gasteiger partial charge in [-0.05, 0) is 32.8 Å². The SMILES string of the molecule is CCn1nc([C@@H]2CCOC2)nc1-c1c(C)[nH]c(C(=O)O)c1C. The summed E-state index contributed by atoms with van der Waals surface area (Å²) in [5.74, 6) is 0.776. The van der Waals surface area contributed by atoms with E-state index >= 15 is 0 Å². The first-order valence-corrected chi connectivity index (χ1v) is 7.48. The molecule has 3 heterocycles. The van der Waals surface area contributed by atoms with Crippen LogP contribution >= 0.6 is 0 Å². The van der Waals surface area contributed by atoms with Crippen LogP contribution in [0.2, 0.25) is 0 Å². The first-order valence-electron chi connectivity index (χ1n) is 7.48. The minimum absolute atomic E-state index is 0.212. The summed E-state index contributed by atoms with van der Waals surface area (Å²) < 4.78 is 7.25. The fourth-order valence-electron chi connectivity index (χ4n) is 2.98. The zero-order valence-electron chi connectivity index (χ0n) is 13.0. The zero-order valence-corrected chi connectivity index (χ0v) is 13.0. The van der Waals surface area contributed by atoms with Crippen molar-refractivity contribution in [2.45, 2.75) is 39.7 Å². The van der Waals surface area contributed by atoms with E-state index in [2.05, 4.69) is 15.1 Å². The van der Waals surface area contributed by atoms with Crippen LogP contribution in [-0.4, -0.2) is 44.0 Å². The Morgan fingerprint density at radius 2 is 2.27 bits per heavy atom. The molecule has 2 aromatic rings. The molecule has 1 fully saturated rings. The maximum atomic E-state index is 11.3. The number of hydrogen-bond donors (Lipinski definition) is 2. The highest BCUT2D eigenvalue weighted by atomic mass is 16.5. The van der Waals surface area contributed by atoms with E-state index in [1.165, 1.54) is 0 Å². The third-order valence-electron chi connectivity index (χ3n) is 4.16. The number of carboxylic acid groups (broad SMARTS) is 1. The van der Waals surface area contributed by atoms with E-state index in [0.29, 0.717) is 18.7 Å². The monoisotopic (exact) mass is 304 g/mol. The molecule has 0 radical (unpaired) electrons. The Kier molecular flexibility index (Phi) is 3.74. The highest BCUT2D eigenvalue weighted by Crippen LogP contribution is 2.31. The van der Waals surface area contributed by atoms with Gasteiger partial charge in [0, 0.05) is 30.3 Å². The average molecular weight is 304 g/mol. The van der Waals surface area contributed by atoms with Crippen LogP contribution in [0.4, 0.5) is 0 Å². The molecule has 0 bridgehead atoms. The number of nitrogens with one attached hydrogen (secondary N) is 1. The van der Waals surface area contributed by atoms with Crippen LogP contribution in [0.3, 0.4) is 0 Å². The summed E-state index contributed by atoms with van der Waals surface area (Å²) in [6, 6.07) is 0. The van der Waals surface area contributed by atoms with Crippen molar-refractivity contribution in [3.63, 3.8) is 0 Å². The standard InChI is InChI=1S/C15H20N4O3/c1-4-19-14(17-13(18-19)10-5-6-22-7-10)11-8(2)12(15(20)21)16-9(11)3/h10,16H,4-7H2,1-3H3,(H,20,21)/t10-/m1/s1. The maximum Gasteiger partial charge on any atom is 0.352 e. The number of ether oxygens (including phenoxy) is 1. The van der Waals surface area contributed by atoms with Crippen molar-refractivity contribution < 1.29 is 14.6 Å². The summed E-state index contributed by atoms with van der Waals surface area (Å²) in [4.78, 5) is 18.9. The Labute approximate surface area is 128 Å². The van der Waals surface area contributed by atoms with E-state index in [1.54, 1.807) is 6.92 Å². The number of aromatic amines is 1. The van der Waals surface area contributed by atoms with E-state index in [1.807, 2.05) is 18.5 Å². The Balaban J connectivity index is 2.09. The normalized spacial score (nSPS) is 18.0. The molecule has 2 N–H and O–H groups in total. The van der Waals surface area contributed by atoms with Gasteiger partial charge in [0.05, 0.1) is 6.61 Å². The molecule has 1 atom stereocenters. The predicted molar refractivity (Wildman–Crippen MR) is 80.1 cm³/mol. The van der Waals surface area contributed by atoms with Crippen molar-refractivity contribution in [3.05, 3.63) is 22.8 Å². The summed E-state index contributed by atoms with van der Waals surface area (Å²) in [6.07, 6.45) is 0.929. The van der Waals surface area contributed by atoms with Gasteiger partial charge in [0.2, 0.25) is 0 Å². The first-order chi connectivity index (χ1) is 10.5. The maximum absolute atomic E-state index is 11.3. The Morgan fingerprint density at radius 3 is 2.82 bits per heavy atom. The Hall–Kier alpha value is -2.15. The molecule has 0 aliphatic carbocycles. The van der Waals surface area contributed by atoms with Crippen LogP contribution in [0, 0.1) is 13.8 Å². The fourth-order valence-corrected chi connectivity index (χ4v) is 2.98. The van der Waals surface area contributed by atoms with E-state index in [9.17, 15) is 9.90 Å². The predicted octanol–water partition coefficient (Wildman–Crippen LogP) is 2.11. The average Bonchev–Trinajstić information content (AvgIpc) is 3.17. The van der Waals surface area contributed by atoms with Crippen molar-refractivity contribution in [2.75, 3.05) is 13.2 Å². The van der Waals surface area contributed by atoms with Crippen LogP contribution < -0.4 is 0 Å². The molecule has 2 aromatic heterocycles. The molecule has 3 rings (SSSR count). The molecule has 1 saturated heterocycles. The van der Waals surface area contributed by atoms with Crippen LogP contribution in [-0.2, 0) is 11.3 Å². The number of rotatable bonds is 4. The third-order valence-corrected chi connectivity index (χ3v) is 4.16. The smallest absolute Gasteiger partial charge is 0.352 e. The van der Waals surface area contributed by atoms with E-state index < -0.39 is 5.97 Å². The lowest BCUT2D eigenvalue weighted by molar-refractivity contribution is 0.0690. The van der Waals surface area contributed by atoms with Gasteiger partial charge in [-0.15, -0.1) is 0 Å². The first kappa shape index (κ1) is 14.8. The van der Waals surface area contributed by atoms with E-state index in [0.717, 1.165) is 35.9 Å². The van der Waals surface area contributed by atoms with Crippen molar-refractivity contribution in [1.29, 1.82) is 0 Å². The topological polar surface area (TPSA) is 93.0 Å².